The fourth-order valence-corrected chi connectivity index (χ4v) is 3.45. The van der Waals surface area contributed by atoms with Gasteiger partial charge >= 0.3 is 0 Å². The molecule has 0 bridgehead atoms. The van der Waals surface area contributed by atoms with Crippen LogP contribution in [0.4, 0.5) is 5.69 Å². The van der Waals surface area contributed by atoms with Crippen LogP contribution >= 0.6 is 0 Å². The summed E-state index contributed by atoms with van der Waals surface area (Å²) in [5.41, 5.74) is 0.618. The van der Waals surface area contributed by atoms with Crippen molar-refractivity contribution in [1.82, 2.24) is 0 Å². The molecule has 124 valence electrons. The number of benzene rings is 1. The van der Waals surface area contributed by atoms with E-state index < -0.39 is 0 Å². The standard InChI is InChI=1S/C17H23N3O3/c1-3-23-14-6-4-5-13(11-14)20-16(21)12-15(17(20)22)19-9-7-18(2)8-10-19/h4-6,11,15H,3,7-10,12H2,1-2H3/p+2/t15-/m0/s1. The smallest absolute Gasteiger partial charge is 0.292 e. The van der Waals surface area contributed by atoms with Crippen LogP contribution in [-0.2, 0) is 9.59 Å². The number of imide groups is 1. The van der Waals surface area contributed by atoms with Gasteiger partial charge in [0.15, 0.2) is 6.04 Å². The second-order valence-corrected chi connectivity index (χ2v) is 6.37. The molecule has 2 saturated heterocycles. The summed E-state index contributed by atoms with van der Waals surface area (Å²) in [6.45, 7) is 6.46. The van der Waals surface area contributed by atoms with Gasteiger partial charge < -0.3 is 14.5 Å². The first-order valence-corrected chi connectivity index (χ1v) is 8.35. The molecule has 23 heavy (non-hydrogen) atoms. The third-order valence-electron chi connectivity index (χ3n) is 4.77. The zero-order chi connectivity index (χ0) is 16.4. The molecule has 0 unspecified atom stereocenters. The van der Waals surface area contributed by atoms with Crippen molar-refractivity contribution in [3.63, 3.8) is 0 Å². The molecule has 0 spiro atoms. The van der Waals surface area contributed by atoms with Crippen molar-refractivity contribution in [3.8, 4) is 5.75 Å². The number of ether oxygens (including phenoxy) is 1. The molecule has 0 radical (unpaired) electrons. The first-order valence-electron chi connectivity index (χ1n) is 8.35. The minimum Gasteiger partial charge on any atom is -0.494 e. The van der Waals surface area contributed by atoms with Crippen LogP contribution in [-0.4, -0.2) is 57.7 Å². The number of carbonyl (C=O) groups excluding carboxylic acids is 2. The molecule has 2 amide bonds. The molecule has 6 nitrogen and oxygen atoms in total. The molecule has 3 rings (SSSR count). The van der Waals surface area contributed by atoms with Crippen LogP contribution in [0.2, 0.25) is 0 Å². The van der Waals surface area contributed by atoms with Crippen molar-refractivity contribution in [2.75, 3.05) is 44.7 Å². The molecule has 2 aliphatic rings. The summed E-state index contributed by atoms with van der Waals surface area (Å²) in [6, 6.07) is 6.99. The van der Waals surface area contributed by atoms with E-state index in [1.165, 1.54) is 14.7 Å². The molecule has 1 atom stereocenters. The fourth-order valence-electron chi connectivity index (χ4n) is 3.45. The highest BCUT2D eigenvalue weighted by molar-refractivity contribution is 6.21. The Balaban J connectivity index is 1.77. The van der Waals surface area contributed by atoms with Crippen molar-refractivity contribution in [2.45, 2.75) is 19.4 Å². The number of hydrogen-bond donors (Lipinski definition) is 2. The minimum atomic E-state index is -0.230. The normalized spacial score (nSPS) is 28.3. The summed E-state index contributed by atoms with van der Waals surface area (Å²) in [7, 11) is 2.17. The summed E-state index contributed by atoms with van der Waals surface area (Å²) in [5.74, 6) is 0.509. The lowest BCUT2D eigenvalue weighted by Gasteiger charge is -2.30. The van der Waals surface area contributed by atoms with Gasteiger partial charge in [-0.1, -0.05) is 6.07 Å². The maximum absolute atomic E-state index is 12.8. The Morgan fingerprint density at radius 1 is 1.22 bits per heavy atom. The van der Waals surface area contributed by atoms with Gasteiger partial charge in [0.2, 0.25) is 5.91 Å². The van der Waals surface area contributed by atoms with Crippen molar-refractivity contribution >= 4 is 17.5 Å². The van der Waals surface area contributed by atoms with Crippen molar-refractivity contribution in [3.05, 3.63) is 24.3 Å². The van der Waals surface area contributed by atoms with Crippen LogP contribution in [0, 0.1) is 0 Å². The van der Waals surface area contributed by atoms with Gasteiger partial charge in [0, 0.05) is 6.07 Å². The third-order valence-corrected chi connectivity index (χ3v) is 4.77. The van der Waals surface area contributed by atoms with Crippen LogP contribution in [0.5, 0.6) is 5.75 Å². The van der Waals surface area contributed by atoms with Gasteiger partial charge in [-0.2, -0.15) is 0 Å². The molecule has 2 aliphatic heterocycles. The molecule has 0 aliphatic carbocycles. The van der Waals surface area contributed by atoms with Gasteiger partial charge in [-0.05, 0) is 19.1 Å². The Hall–Kier alpha value is -1.92. The summed E-state index contributed by atoms with van der Waals surface area (Å²) >= 11 is 0. The lowest BCUT2D eigenvalue weighted by molar-refractivity contribution is -1.01. The van der Waals surface area contributed by atoms with Crippen molar-refractivity contribution in [1.29, 1.82) is 0 Å². The number of carbonyl (C=O) groups is 2. The Kier molecular flexibility index (Phi) is 4.63. The van der Waals surface area contributed by atoms with Gasteiger partial charge in [0.25, 0.3) is 5.91 Å². The number of nitrogens with one attached hydrogen (secondary N) is 2. The summed E-state index contributed by atoms with van der Waals surface area (Å²) < 4.78 is 5.47. The maximum atomic E-state index is 12.8. The minimum absolute atomic E-state index is 0.0711. The largest absolute Gasteiger partial charge is 0.494 e. The predicted molar refractivity (Wildman–Crippen MR) is 85.8 cm³/mol. The van der Waals surface area contributed by atoms with Crippen LogP contribution < -0.4 is 19.4 Å². The summed E-state index contributed by atoms with van der Waals surface area (Å²) in [4.78, 5) is 29.3. The Morgan fingerprint density at radius 2 is 1.96 bits per heavy atom. The zero-order valence-corrected chi connectivity index (χ0v) is 13.8. The molecule has 2 heterocycles. The molecule has 1 aromatic rings. The van der Waals surface area contributed by atoms with E-state index in [-0.39, 0.29) is 17.9 Å². The maximum Gasteiger partial charge on any atom is 0.292 e. The second kappa shape index (κ2) is 6.68. The predicted octanol–water partition coefficient (Wildman–Crippen LogP) is -1.87. The Morgan fingerprint density at radius 3 is 2.65 bits per heavy atom. The highest BCUT2D eigenvalue weighted by Gasteiger charge is 2.46. The topological polar surface area (TPSA) is 55.5 Å². The van der Waals surface area contributed by atoms with Crippen molar-refractivity contribution < 1.29 is 24.1 Å². The molecular formula is C17H25N3O3+2. The number of piperazine rings is 1. The Bertz CT molecular complexity index is 597. The average molecular weight is 319 g/mol. The number of hydrogen-bond acceptors (Lipinski definition) is 3. The quantitative estimate of drug-likeness (QED) is 0.640. The summed E-state index contributed by atoms with van der Waals surface area (Å²) in [5, 5.41) is 0. The zero-order valence-electron chi connectivity index (χ0n) is 13.8. The number of amides is 2. The highest BCUT2D eigenvalue weighted by Crippen LogP contribution is 2.25. The van der Waals surface area contributed by atoms with E-state index in [2.05, 4.69) is 7.05 Å². The first-order chi connectivity index (χ1) is 11.1. The number of likely N-dealkylation sites (N-methyl/N-ethyl adjacent to an activating group) is 1. The van der Waals surface area contributed by atoms with Gasteiger partial charge in [0.05, 0.1) is 25.8 Å². The molecule has 0 aromatic heterocycles. The van der Waals surface area contributed by atoms with Gasteiger partial charge in [0.1, 0.15) is 31.9 Å². The van der Waals surface area contributed by atoms with E-state index in [9.17, 15) is 9.59 Å². The lowest BCUT2D eigenvalue weighted by Crippen LogP contribution is -3.29. The van der Waals surface area contributed by atoms with Gasteiger partial charge in [-0.15, -0.1) is 0 Å². The van der Waals surface area contributed by atoms with Crippen molar-refractivity contribution in [2.24, 2.45) is 0 Å². The van der Waals surface area contributed by atoms with E-state index in [1.54, 1.807) is 12.1 Å². The van der Waals surface area contributed by atoms with Crippen LogP contribution in [0.3, 0.4) is 0 Å². The number of anilines is 1. The van der Waals surface area contributed by atoms with Crippen LogP contribution in [0.25, 0.3) is 0 Å². The third kappa shape index (κ3) is 3.23. The van der Waals surface area contributed by atoms with Crippen LogP contribution in [0.1, 0.15) is 13.3 Å². The van der Waals surface area contributed by atoms with Gasteiger partial charge in [-0.25, -0.2) is 4.90 Å². The molecule has 6 heteroatoms. The first kappa shape index (κ1) is 16.0. The van der Waals surface area contributed by atoms with E-state index in [4.69, 9.17) is 4.74 Å². The van der Waals surface area contributed by atoms with E-state index >= 15 is 0 Å². The molecule has 2 N–H and O–H groups in total. The molecular weight excluding hydrogens is 294 g/mol. The Labute approximate surface area is 136 Å². The number of rotatable bonds is 4. The molecule has 1 aromatic carbocycles. The lowest BCUT2D eigenvalue weighted by atomic mass is 10.2. The molecule has 0 saturated carbocycles. The molecule has 2 fully saturated rings. The highest BCUT2D eigenvalue weighted by atomic mass is 16.5. The van der Waals surface area contributed by atoms with E-state index in [0.29, 0.717) is 24.5 Å². The van der Waals surface area contributed by atoms with E-state index in [1.807, 2.05) is 19.1 Å². The van der Waals surface area contributed by atoms with Crippen LogP contribution in [0.15, 0.2) is 24.3 Å². The van der Waals surface area contributed by atoms with E-state index in [0.717, 1.165) is 26.2 Å². The SMILES string of the molecule is CCOc1cccc(N2C(=O)C[C@H]([NH+]3CC[NH+](C)CC3)C2=O)c1. The van der Waals surface area contributed by atoms with Gasteiger partial charge in [-0.3, -0.25) is 9.59 Å². The monoisotopic (exact) mass is 319 g/mol. The number of quaternary nitrogens is 2. The second-order valence-electron chi connectivity index (χ2n) is 6.37. The summed E-state index contributed by atoms with van der Waals surface area (Å²) in [6.07, 6.45) is 0.312. The number of nitrogens with zero attached hydrogens (tertiary/aromatic N) is 1. The average Bonchev–Trinajstić information content (AvgIpc) is 2.83. The fraction of sp³-hybridized carbons (Fsp3) is 0.529.